The van der Waals surface area contributed by atoms with Gasteiger partial charge in [0.05, 0.1) is 6.21 Å². The van der Waals surface area contributed by atoms with Gasteiger partial charge in [-0.2, -0.15) is 15.2 Å². The monoisotopic (exact) mass is 403 g/mol. The number of aryl methyl sites for hydroxylation is 1. The van der Waals surface area contributed by atoms with E-state index in [0.29, 0.717) is 33.9 Å². The van der Waals surface area contributed by atoms with Crippen molar-refractivity contribution in [3.8, 4) is 5.75 Å². The van der Waals surface area contributed by atoms with E-state index in [4.69, 9.17) is 27.9 Å². The molecule has 0 aliphatic carbocycles. The minimum atomic E-state index is -0.541. The van der Waals surface area contributed by atoms with E-state index in [-0.39, 0.29) is 0 Å². The van der Waals surface area contributed by atoms with Gasteiger partial charge in [-0.1, -0.05) is 29.3 Å². The topological polar surface area (TPSA) is 92.3 Å². The van der Waals surface area contributed by atoms with Gasteiger partial charge in [0.15, 0.2) is 5.82 Å². The number of hydrogen-bond donors (Lipinski definition) is 2. The zero-order valence-electron chi connectivity index (χ0n) is 14.2. The molecule has 0 fully saturated rings. The molecule has 3 rings (SSSR count). The lowest BCUT2D eigenvalue weighted by Crippen LogP contribution is -2.15. The van der Waals surface area contributed by atoms with Crippen LogP contribution in [0.25, 0.3) is 0 Å². The Morgan fingerprint density at radius 2 is 2.00 bits per heavy atom. The smallest absolute Gasteiger partial charge is 0.363 e. The van der Waals surface area contributed by atoms with Crippen molar-refractivity contribution < 1.29 is 4.74 Å². The molecule has 0 aliphatic rings. The summed E-state index contributed by atoms with van der Waals surface area (Å²) in [6.45, 7) is 2.05. The molecule has 2 aromatic carbocycles. The van der Waals surface area contributed by atoms with Crippen molar-refractivity contribution >= 4 is 35.2 Å². The van der Waals surface area contributed by atoms with Gasteiger partial charge in [-0.25, -0.2) is 9.89 Å². The number of halogens is 2. The van der Waals surface area contributed by atoms with Gasteiger partial charge in [-0.05, 0) is 48.9 Å². The number of hydrazone groups is 1. The van der Waals surface area contributed by atoms with Crippen LogP contribution in [0.4, 0.5) is 5.82 Å². The molecular weight excluding hydrogens is 389 g/mol. The maximum absolute atomic E-state index is 11.2. The zero-order chi connectivity index (χ0) is 19.2. The Morgan fingerprint density at radius 1 is 1.22 bits per heavy atom. The second-order valence-corrected chi connectivity index (χ2v) is 6.38. The Kier molecular flexibility index (Phi) is 6.05. The number of nitrogens with zero attached hydrogens (tertiary/aromatic N) is 3. The summed E-state index contributed by atoms with van der Waals surface area (Å²) in [4.78, 5) is 14.9. The standard InChI is InChI=1S/C18H15Cl2N5O2/c1-11-17(22-18(26)25-23-11)24-21-9-12-2-6-15(7-3-12)27-10-13-4-5-14(19)8-16(13)20/h2-9H,10H2,1H3,(H2,22,24,25,26)/b21-9+. The van der Waals surface area contributed by atoms with E-state index < -0.39 is 5.69 Å². The van der Waals surface area contributed by atoms with Crippen LogP contribution in [-0.4, -0.2) is 21.4 Å². The average Bonchev–Trinajstić information content (AvgIpc) is 2.65. The fraction of sp³-hybridized carbons (Fsp3) is 0.111. The number of ether oxygens (including phenoxy) is 1. The maximum Gasteiger partial charge on any atom is 0.363 e. The Bertz CT molecular complexity index is 1020. The number of rotatable bonds is 6. The molecule has 0 atom stereocenters. The normalized spacial score (nSPS) is 10.9. The van der Waals surface area contributed by atoms with Crippen LogP contribution in [0.1, 0.15) is 16.8 Å². The van der Waals surface area contributed by atoms with Crippen LogP contribution in [0.5, 0.6) is 5.75 Å². The Morgan fingerprint density at radius 3 is 2.74 bits per heavy atom. The Labute approximate surface area is 165 Å². The molecule has 27 heavy (non-hydrogen) atoms. The van der Waals surface area contributed by atoms with Crippen molar-refractivity contribution in [2.24, 2.45) is 5.10 Å². The summed E-state index contributed by atoms with van der Waals surface area (Å²) >= 11 is 12.0. The van der Waals surface area contributed by atoms with Crippen molar-refractivity contribution in [1.82, 2.24) is 15.2 Å². The Hall–Kier alpha value is -2.90. The van der Waals surface area contributed by atoms with Gasteiger partial charge < -0.3 is 4.74 Å². The Balaban J connectivity index is 1.58. The highest BCUT2D eigenvalue weighted by atomic mass is 35.5. The van der Waals surface area contributed by atoms with Gasteiger partial charge in [-0.3, -0.25) is 5.43 Å². The number of aromatic nitrogens is 3. The fourth-order valence-electron chi connectivity index (χ4n) is 2.12. The van der Waals surface area contributed by atoms with Crippen LogP contribution in [-0.2, 0) is 6.61 Å². The largest absolute Gasteiger partial charge is 0.489 e. The molecule has 138 valence electrons. The number of aromatic amines is 1. The van der Waals surface area contributed by atoms with Crippen LogP contribution in [0.15, 0.2) is 52.4 Å². The number of benzene rings is 2. The number of hydrogen-bond acceptors (Lipinski definition) is 6. The SMILES string of the molecule is Cc1n[nH]c(=O)nc1N/N=C/c1ccc(OCc2ccc(Cl)cc2Cl)cc1. The molecule has 0 saturated heterocycles. The first-order chi connectivity index (χ1) is 13.0. The molecule has 3 aromatic rings. The summed E-state index contributed by atoms with van der Waals surface area (Å²) in [5.41, 5.74) is 4.39. The van der Waals surface area contributed by atoms with Gasteiger partial charge in [-0.15, -0.1) is 0 Å². The lowest BCUT2D eigenvalue weighted by Gasteiger charge is -2.08. The van der Waals surface area contributed by atoms with Gasteiger partial charge >= 0.3 is 5.69 Å². The van der Waals surface area contributed by atoms with Crippen molar-refractivity contribution in [3.05, 3.63) is 79.8 Å². The molecule has 9 heteroatoms. The van der Waals surface area contributed by atoms with E-state index in [1.165, 1.54) is 0 Å². The summed E-state index contributed by atoms with van der Waals surface area (Å²) in [5, 5.41) is 11.3. The summed E-state index contributed by atoms with van der Waals surface area (Å²) < 4.78 is 5.73. The first-order valence-corrected chi connectivity index (χ1v) is 8.66. The summed E-state index contributed by atoms with van der Waals surface area (Å²) in [7, 11) is 0. The molecule has 0 amide bonds. The summed E-state index contributed by atoms with van der Waals surface area (Å²) in [6.07, 6.45) is 1.60. The minimum Gasteiger partial charge on any atom is -0.489 e. The molecule has 0 bridgehead atoms. The fourth-order valence-corrected chi connectivity index (χ4v) is 2.58. The molecule has 0 aliphatic heterocycles. The lowest BCUT2D eigenvalue weighted by atomic mass is 10.2. The van der Waals surface area contributed by atoms with Crippen LogP contribution in [0.2, 0.25) is 10.0 Å². The molecule has 0 unspecified atom stereocenters. The van der Waals surface area contributed by atoms with Gasteiger partial charge in [0.2, 0.25) is 0 Å². The molecule has 0 radical (unpaired) electrons. The third-order valence-corrected chi connectivity index (χ3v) is 4.14. The molecule has 2 N–H and O–H groups in total. The first-order valence-electron chi connectivity index (χ1n) is 7.90. The molecule has 0 spiro atoms. The highest BCUT2D eigenvalue weighted by Crippen LogP contribution is 2.22. The van der Waals surface area contributed by atoms with E-state index in [1.54, 1.807) is 25.3 Å². The third kappa shape index (κ3) is 5.29. The lowest BCUT2D eigenvalue weighted by molar-refractivity contribution is 0.306. The predicted octanol–water partition coefficient (Wildman–Crippen LogP) is 3.81. The van der Waals surface area contributed by atoms with Crippen molar-refractivity contribution in [2.75, 3.05) is 5.43 Å². The minimum absolute atomic E-state index is 0.301. The molecular formula is C18H15Cl2N5O2. The van der Waals surface area contributed by atoms with E-state index in [1.807, 2.05) is 30.3 Å². The maximum atomic E-state index is 11.2. The van der Waals surface area contributed by atoms with Crippen LogP contribution in [0.3, 0.4) is 0 Å². The predicted molar refractivity (Wildman–Crippen MR) is 106 cm³/mol. The molecule has 1 heterocycles. The van der Waals surface area contributed by atoms with Crippen LogP contribution in [0, 0.1) is 6.92 Å². The highest BCUT2D eigenvalue weighted by Gasteiger charge is 2.03. The van der Waals surface area contributed by atoms with Crippen molar-refractivity contribution in [1.29, 1.82) is 0 Å². The molecule has 0 saturated carbocycles. The summed E-state index contributed by atoms with van der Waals surface area (Å²) in [5.74, 6) is 0.997. The van der Waals surface area contributed by atoms with Crippen molar-refractivity contribution in [2.45, 2.75) is 13.5 Å². The van der Waals surface area contributed by atoms with E-state index in [2.05, 4.69) is 25.7 Å². The van der Waals surface area contributed by atoms with Crippen LogP contribution >= 0.6 is 23.2 Å². The van der Waals surface area contributed by atoms with Gasteiger partial charge in [0.1, 0.15) is 18.1 Å². The average molecular weight is 404 g/mol. The third-order valence-electron chi connectivity index (χ3n) is 3.55. The quantitative estimate of drug-likeness (QED) is 0.482. The number of H-pyrrole nitrogens is 1. The highest BCUT2D eigenvalue weighted by molar-refractivity contribution is 6.35. The van der Waals surface area contributed by atoms with E-state index >= 15 is 0 Å². The molecule has 1 aromatic heterocycles. The number of nitrogens with one attached hydrogen (secondary N) is 2. The second-order valence-electron chi connectivity index (χ2n) is 5.54. The van der Waals surface area contributed by atoms with Crippen LogP contribution < -0.4 is 15.9 Å². The second kappa shape index (κ2) is 8.66. The first kappa shape index (κ1) is 18.9. The van der Waals surface area contributed by atoms with Crippen molar-refractivity contribution in [3.63, 3.8) is 0 Å². The summed E-state index contributed by atoms with van der Waals surface area (Å²) in [6, 6.07) is 12.6. The number of anilines is 1. The van der Waals surface area contributed by atoms with E-state index in [9.17, 15) is 4.79 Å². The molecule has 7 nitrogen and oxygen atoms in total. The van der Waals surface area contributed by atoms with E-state index in [0.717, 1.165) is 11.1 Å². The van der Waals surface area contributed by atoms with Gasteiger partial charge in [0.25, 0.3) is 0 Å². The van der Waals surface area contributed by atoms with Gasteiger partial charge in [0, 0.05) is 15.6 Å². The zero-order valence-corrected chi connectivity index (χ0v) is 15.8.